The van der Waals surface area contributed by atoms with E-state index in [1.807, 2.05) is 0 Å². The minimum atomic E-state index is -0.654. The van der Waals surface area contributed by atoms with Crippen LogP contribution >= 0.6 is 0 Å². The number of nitrogens with zero attached hydrogens (tertiary/aromatic N) is 1. The van der Waals surface area contributed by atoms with Gasteiger partial charge in [-0.15, -0.1) is 0 Å². The van der Waals surface area contributed by atoms with Crippen molar-refractivity contribution in [3.8, 4) is 0 Å². The lowest BCUT2D eigenvalue weighted by molar-refractivity contribution is -0.123. The number of hydrogen-bond donors (Lipinski definition) is 4. The molecule has 0 aromatic heterocycles. The Morgan fingerprint density at radius 2 is 1.55 bits per heavy atom. The summed E-state index contributed by atoms with van der Waals surface area (Å²) in [5.41, 5.74) is 16.6. The van der Waals surface area contributed by atoms with Crippen molar-refractivity contribution in [2.45, 2.75) is 0 Å². The van der Waals surface area contributed by atoms with Crippen LogP contribution in [-0.4, -0.2) is 42.3 Å². The number of nitrogens with one attached hydrogen (secondary N) is 1. The molecule has 0 radical (unpaired) electrons. The first-order valence-electron chi connectivity index (χ1n) is 5.82. The number of carbonyl (C=O) groups excluding carboxylic acids is 3. The van der Waals surface area contributed by atoms with E-state index in [0.717, 1.165) is 0 Å². The van der Waals surface area contributed by atoms with Crippen molar-refractivity contribution in [2.24, 2.45) is 11.5 Å². The highest BCUT2D eigenvalue weighted by Gasteiger charge is 2.15. The summed E-state index contributed by atoms with van der Waals surface area (Å²) in [7, 11) is 0. The molecule has 108 valence electrons. The average Bonchev–Trinajstić information content (AvgIpc) is 2.30. The highest BCUT2D eigenvalue weighted by Crippen LogP contribution is 2.16. The van der Waals surface area contributed by atoms with Crippen LogP contribution in [0.3, 0.4) is 0 Å². The van der Waals surface area contributed by atoms with Gasteiger partial charge >= 0.3 is 0 Å². The lowest BCUT2D eigenvalue weighted by atomic mass is 10.2. The van der Waals surface area contributed by atoms with Crippen LogP contribution in [0.4, 0.5) is 11.4 Å². The maximum absolute atomic E-state index is 11.8. The van der Waals surface area contributed by atoms with Gasteiger partial charge in [-0.25, -0.2) is 0 Å². The van der Waals surface area contributed by atoms with Gasteiger partial charge < -0.3 is 22.5 Å². The molecule has 3 amide bonds. The van der Waals surface area contributed by atoms with Gasteiger partial charge in [0, 0.05) is 0 Å². The van der Waals surface area contributed by atoms with E-state index in [2.05, 4.69) is 5.32 Å². The number of benzene rings is 1. The largest absolute Gasteiger partial charge is 0.397 e. The minimum Gasteiger partial charge on any atom is -0.397 e. The van der Waals surface area contributed by atoms with Gasteiger partial charge in [-0.3, -0.25) is 19.3 Å². The summed E-state index contributed by atoms with van der Waals surface area (Å²) in [6.07, 6.45) is 0. The highest BCUT2D eigenvalue weighted by molar-refractivity contribution is 5.95. The average molecular weight is 279 g/mol. The van der Waals surface area contributed by atoms with Gasteiger partial charge in [0.15, 0.2) is 0 Å². The Bertz CT molecular complexity index is 502. The van der Waals surface area contributed by atoms with Crippen molar-refractivity contribution in [3.63, 3.8) is 0 Å². The van der Waals surface area contributed by atoms with Gasteiger partial charge in [-0.1, -0.05) is 12.1 Å². The first-order valence-corrected chi connectivity index (χ1v) is 5.82. The molecular formula is C12H17N5O3. The van der Waals surface area contributed by atoms with Gasteiger partial charge in [-0.05, 0) is 12.1 Å². The Kier molecular flexibility index (Phi) is 5.48. The molecular weight excluding hydrogens is 262 g/mol. The molecule has 20 heavy (non-hydrogen) atoms. The lowest BCUT2D eigenvalue weighted by Crippen LogP contribution is -2.43. The molecule has 1 rings (SSSR count). The van der Waals surface area contributed by atoms with Gasteiger partial charge in [0.1, 0.15) is 0 Å². The number of amides is 3. The van der Waals surface area contributed by atoms with Crippen LogP contribution in [0.5, 0.6) is 0 Å². The number of nitrogen functional groups attached to an aromatic ring is 1. The van der Waals surface area contributed by atoms with Crippen LogP contribution in [0.2, 0.25) is 0 Å². The second-order valence-corrected chi connectivity index (χ2v) is 4.21. The molecule has 0 bridgehead atoms. The molecule has 8 nitrogen and oxygen atoms in total. The zero-order valence-corrected chi connectivity index (χ0v) is 10.8. The minimum absolute atomic E-state index is 0.194. The van der Waals surface area contributed by atoms with E-state index >= 15 is 0 Å². The zero-order valence-electron chi connectivity index (χ0n) is 10.8. The fourth-order valence-electron chi connectivity index (χ4n) is 1.61. The van der Waals surface area contributed by atoms with Gasteiger partial charge in [0.05, 0.1) is 31.0 Å². The summed E-state index contributed by atoms with van der Waals surface area (Å²) in [6.45, 7) is -0.665. The van der Waals surface area contributed by atoms with Crippen LogP contribution in [0.15, 0.2) is 24.3 Å². The topological polar surface area (TPSA) is 145 Å². The molecule has 7 N–H and O–H groups in total. The van der Waals surface area contributed by atoms with Crippen molar-refractivity contribution in [1.29, 1.82) is 0 Å². The molecule has 0 aliphatic heterocycles. The first kappa shape index (κ1) is 15.4. The van der Waals surface area contributed by atoms with E-state index < -0.39 is 17.7 Å². The van der Waals surface area contributed by atoms with E-state index in [0.29, 0.717) is 11.4 Å². The Morgan fingerprint density at radius 1 is 1.00 bits per heavy atom. The van der Waals surface area contributed by atoms with Crippen LogP contribution in [0.25, 0.3) is 0 Å². The monoisotopic (exact) mass is 279 g/mol. The van der Waals surface area contributed by atoms with Crippen molar-refractivity contribution >= 4 is 29.1 Å². The molecule has 1 aromatic carbocycles. The highest BCUT2D eigenvalue weighted by atomic mass is 16.2. The SMILES string of the molecule is NC(=O)CN(CC(N)=O)CC(=O)Nc1ccccc1N. The molecule has 0 unspecified atom stereocenters. The van der Waals surface area contributed by atoms with Gasteiger partial charge in [-0.2, -0.15) is 0 Å². The molecule has 0 fully saturated rings. The Labute approximate surface area is 115 Å². The lowest BCUT2D eigenvalue weighted by Gasteiger charge is -2.18. The predicted molar refractivity (Wildman–Crippen MR) is 74.3 cm³/mol. The normalized spacial score (nSPS) is 10.2. The molecule has 0 spiro atoms. The van der Waals surface area contributed by atoms with E-state index in [9.17, 15) is 14.4 Å². The fraction of sp³-hybridized carbons (Fsp3) is 0.250. The van der Waals surface area contributed by atoms with Gasteiger partial charge in [0.2, 0.25) is 17.7 Å². The fourth-order valence-corrected chi connectivity index (χ4v) is 1.61. The third kappa shape index (κ3) is 5.36. The van der Waals surface area contributed by atoms with E-state index in [-0.39, 0.29) is 19.6 Å². The summed E-state index contributed by atoms with van der Waals surface area (Å²) >= 11 is 0. The van der Waals surface area contributed by atoms with Crippen molar-refractivity contribution in [3.05, 3.63) is 24.3 Å². The summed E-state index contributed by atoms with van der Waals surface area (Å²) in [6, 6.07) is 6.73. The van der Waals surface area contributed by atoms with Crippen molar-refractivity contribution in [2.75, 3.05) is 30.7 Å². The number of nitrogens with two attached hydrogens (primary N) is 3. The van der Waals surface area contributed by atoms with Crippen LogP contribution in [0.1, 0.15) is 0 Å². The Hall–Kier alpha value is -2.61. The zero-order chi connectivity index (χ0) is 15.1. The molecule has 1 aromatic rings. The Morgan fingerprint density at radius 3 is 2.05 bits per heavy atom. The molecule has 0 heterocycles. The maximum Gasteiger partial charge on any atom is 0.238 e. The van der Waals surface area contributed by atoms with Crippen LogP contribution < -0.4 is 22.5 Å². The standard InChI is InChI=1S/C12H17N5O3/c13-8-3-1-2-4-9(8)16-12(20)7-17(5-10(14)18)6-11(15)19/h1-4H,5-7,13H2,(H2,14,18)(H2,15,19)(H,16,20). The summed E-state index contributed by atoms with van der Waals surface area (Å²) in [5.74, 6) is -1.73. The molecule has 0 aliphatic rings. The van der Waals surface area contributed by atoms with E-state index in [1.165, 1.54) is 4.90 Å². The predicted octanol–water partition coefficient (Wildman–Crippen LogP) is -1.52. The van der Waals surface area contributed by atoms with Crippen LogP contribution in [0, 0.1) is 0 Å². The molecule has 0 aliphatic carbocycles. The number of primary amides is 2. The van der Waals surface area contributed by atoms with Crippen LogP contribution in [-0.2, 0) is 14.4 Å². The summed E-state index contributed by atoms with van der Waals surface area (Å²) in [4.78, 5) is 34.8. The van der Waals surface area contributed by atoms with Crippen molar-refractivity contribution in [1.82, 2.24) is 4.90 Å². The number of anilines is 2. The molecule has 8 heteroatoms. The summed E-state index contributed by atoms with van der Waals surface area (Å²) < 4.78 is 0. The Balaban J connectivity index is 2.64. The third-order valence-corrected chi connectivity index (χ3v) is 2.36. The van der Waals surface area contributed by atoms with E-state index in [4.69, 9.17) is 17.2 Å². The molecule has 0 saturated heterocycles. The number of rotatable bonds is 7. The van der Waals surface area contributed by atoms with Gasteiger partial charge in [0.25, 0.3) is 0 Å². The number of hydrogen-bond acceptors (Lipinski definition) is 5. The smallest absolute Gasteiger partial charge is 0.238 e. The van der Waals surface area contributed by atoms with Crippen molar-refractivity contribution < 1.29 is 14.4 Å². The molecule has 0 saturated carbocycles. The van der Waals surface area contributed by atoms with E-state index in [1.54, 1.807) is 24.3 Å². The quantitative estimate of drug-likeness (QED) is 0.448. The summed E-state index contributed by atoms with van der Waals surface area (Å²) in [5, 5.41) is 2.58. The third-order valence-electron chi connectivity index (χ3n) is 2.36. The second-order valence-electron chi connectivity index (χ2n) is 4.21. The second kappa shape index (κ2) is 7.10. The number of para-hydroxylation sites is 2. The number of carbonyl (C=O) groups is 3. The maximum atomic E-state index is 11.8. The molecule has 0 atom stereocenters. The first-order chi connectivity index (χ1) is 9.38.